The van der Waals surface area contributed by atoms with E-state index in [1.807, 2.05) is 36.6 Å². The van der Waals surface area contributed by atoms with E-state index < -0.39 is 0 Å². The molecule has 0 spiro atoms. The third kappa shape index (κ3) is 3.75. The molecule has 0 aliphatic rings. The quantitative estimate of drug-likeness (QED) is 0.722. The summed E-state index contributed by atoms with van der Waals surface area (Å²) >= 11 is 2.80. The first kappa shape index (κ1) is 15.6. The Labute approximate surface area is 141 Å². The zero-order valence-electron chi connectivity index (χ0n) is 12.5. The van der Waals surface area contributed by atoms with Crippen molar-refractivity contribution in [1.29, 1.82) is 0 Å². The highest BCUT2D eigenvalue weighted by Crippen LogP contribution is 2.28. The molecular weight excluding hydrogens is 330 g/mol. The predicted octanol–water partition coefficient (Wildman–Crippen LogP) is 4.35. The van der Waals surface area contributed by atoms with E-state index in [1.54, 1.807) is 6.07 Å². The first-order chi connectivity index (χ1) is 11.2. The normalized spacial score (nSPS) is 10.7. The van der Waals surface area contributed by atoms with E-state index in [9.17, 15) is 9.59 Å². The minimum atomic E-state index is -0.125. The molecule has 1 aromatic carbocycles. The number of nitrogens with zero attached hydrogens (tertiary/aromatic N) is 1. The van der Waals surface area contributed by atoms with Gasteiger partial charge < -0.3 is 10.6 Å². The molecule has 0 unspecified atom stereocenters. The van der Waals surface area contributed by atoms with Gasteiger partial charge in [0.15, 0.2) is 5.13 Å². The van der Waals surface area contributed by atoms with Gasteiger partial charge in [0, 0.05) is 12.1 Å². The van der Waals surface area contributed by atoms with Gasteiger partial charge in [-0.15, -0.1) is 11.3 Å². The number of amides is 2. The van der Waals surface area contributed by atoms with Crippen molar-refractivity contribution in [2.75, 3.05) is 10.6 Å². The van der Waals surface area contributed by atoms with E-state index in [-0.39, 0.29) is 11.8 Å². The highest BCUT2D eigenvalue weighted by atomic mass is 32.1. The molecule has 2 N–H and O–H groups in total. The van der Waals surface area contributed by atoms with Crippen molar-refractivity contribution in [2.24, 2.45) is 0 Å². The zero-order chi connectivity index (χ0) is 16.2. The van der Waals surface area contributed by atoms with Crippen molar-refractivity contribution in [2.45, 2.75) is 19.8 Å². The topological polar surface area (TPSA) is 71.1 Å². The summed E-state index contributed by atoms with van der Waals surface area (Å²) in [5, 5.41) is 8.12. The highest BCUT2D eigenvalue weighted by Gasteiger charge is 2.10. The van der Waals surface area contributed by atoms with Gasteiger partial charge in [-0.1, -0.05) is 24.3 Å². The van der Waals surface area contributed by atoms with Crippen LogP contribution in [0, 0.1) is 0 Å². The molecule has 0 radical (unpaired) electrons. The van der Waals surface area contributed by atoms with Crippen molar-refractivity contribution >= 4 is 55.5 Å². The van der Waals surface area contributed by atoms with Crippen LogP contribution >= 0.6 is 22.7 Å². The largest absolute Gasteiger partial charge is 0.321 e. The second-order valence-electron chi connectivity index (χ2n) is 4.93. The molecule has 0 saturated heterocycles. The lowest BCUT2D eigenvalue weighted by Gasteiger charge is -2.02. The first-order valence-corrected chi connectivity index (χ1v) is 8.90. The number of aromatic nitrogens is 1. The molecular formula is C16H15N3O2S2. The molecule has 0 aliphatic heterocycles. The Balaban J connectivity index is 1.76. The Morgan fingerprint density at radius 2 is 2.09 bits per heavy atom. The minimum Gasteiger partial charge on any atom is -0.321 e. The number of thiazole rings is 1. The van der Waals surface area contributed by atoms with Gasteiger partial charge in [-0.2, -0.15) is 0 Å². The number of nitrogens with one attached hydrogen (secondary N) is 2. The van der Waals surface area contributed by atoms with E-state index in [4.69, 9.17) is 0 Å². The summed E-state index contributed by atoms with van der Waals surface area (Å²) in [4.78, 5) is 28.7. The van der Waals surface area contributed by atoms with Gasteiger partial charge in [-0.05, 0) is 36.1 Å². The molecule has 0 fully saturated rings. The number of benzene rings is 1. The van der Waals surface area contributed by atoms with Crippen LogP contribution in [0.5, 0.6) is 0 Å². The second-order valence-corrected chi connectivity index (χ2v) is 6.91. The number of fused-ring (bicyclic) bond motifs is 1. The van der Waals surface area contributed by atoms with Gasteiger partial charge in [0.25, 0.3) is 5.91 Å². The van der Waals surface area contributed by atoms with Gasteiger partial charge in [0.05, 0.1) is 15.1 Å². The zero-order valence-corrected chi connectivity index (χ0v) is 14.1. The van der Waals surface area contributed by atoms with E-state index in [0.717, 1.165) is 16.6 Å². The smallest absolute Gasteiger partial charge is 0.265 e. The molecule has 0 aliphatic carbocycles. The Kier molecular flexibility index (Phi) is 4.68. The maximum absolute atomic E-state index is 12.1. The summed E-state index contributed by atoms with van der Waals surface area (Å²) < 4.78 is 0.917. The molecule has 2 heterocycles. The van der Waals surface area contributed by atoms with Crippen molar-refractivity contribution in [3.8, 4) is 0 Å². The van der Waals surface area contributed by atoms with Crippen LogP contribution in [0.4, 0.5) is 10.8 Å². The molecule has 5 nitrogen and oxygen atoms in total. The van der Waals surface area contributed by atoms with Crippen molar-refractivity contribution in [3.05, 3.63) is 40.6 Å². The molecule has 3 aromatic rings. The summed E-state index contributed by atoms with van der Waals surface area (Å²) in [5.41, 5.74) is 1.52. The van der Waals surface area contributed by atoms with Crippen LogP contribution in [0.3, 0.4) is 0 Å². The molecule has 23 heavy (non-hydrogen) atoms. The lowest BCUT2D eigenvalue weighted by molar-refractivity contribution is -0.116. The summed E-state index contributed by atoms with van der Waals surface area (Å²) in [6.07, 6.45) is 1.29. The molecule has 118 valence electrons. The predicted molar refractivity (Wildman–Crippen MR) is 95.4 cm³/mol. The summed E-state index contributed by atoms with van der Waals surface area (Å²) in [6.45, 7) is 1.96. The van der Waals surface area contributed by atoms with Gasteiger partial charge in [0.2, 0.25) is 5.91 Å². The van der Waals surface area contributed by atoms with Gasteiger partial charge in [-0.3, -0.25) is 9.59 Å². The fraction of sp³-hybridized carbons (Fsp3) is 0.188. The van der Waals surface area contributed by atoms with E-state index in [2.05, 4.69) is 15.6 Å². The fourth-order valence-electron chi connectivity index (χ4n) is 2.07. The number of hydrogen-bond donors (Lipinski definition) is 2. The summed E-state index contributed by atoms with van der Waals surface area (Å²) in [7, 11) is 0. The molecule has 7 heteroatoms. The molecule has 2 aromatic heterocycles. The van der Waals surface area contributed by atoms with Crippen molar-refractivity contribution in [1.82, 2.24) is 4.98 Å². The number of thiophene rings is 1. The number of carbonyl (C=O) groups excluding carboxylic acids is 2. The standard InChI is InChI=1S/C16H15N3O2S2/c1-2-4-14(20)19-16-18-11-7-6-10(9-13(11)23-16)17-15(21)12-5-3-8-22-12/h3,5-9H,2,4H2,1H3,(H,17,21)(H,18,19,20). The fourth-order valence-corrected chi connectivity index (χ4v) is 3.61. The number of anilines is 2. The van der Waals surface area contributed by atoms with Crippen LogP contribution < -0.4 is 10.6 Å². The van der Waals surface area contributed by atoms with E-state index in [1.165, 1.54) is 22.7 Å². The van der Waals surface area contributed by atoms with E-state index >= 15 is 0 Å². The maximum Gasteiger partial charge on any atom is 0.265 e. The lowest BCUT2D eigenvalue weighted by atomic mass is 10.3. The van der Waals surface area contributed by atoms with Crippen molar-refractivity contribution < 1.29 is 9.59 Å². The summed E-state index contributed by atoms with van der Waals surface area (Å²) in [6, 6.07) is 9.15. The van der Waals surface area contributed by atoms with Crippen LogP contribution in [0.1, 0.15) is 29.4 Å². The Morgan fingerprint density at radius 3 is 2.83 bits per heavy atom. The van der Waals surface area contributed by atoms with E-state index in [0.29, 0.717) is 22.1 Å². The summed E-state index contributed by atoms with van der Waals surface area (Å²) in [5.74, 6) is -0.155. The average molecular weight is 345 g/mol. The van der Waals surface area contributed by atoms with Gasteiger partial charge in [0.1, 0.15) is 0 Å². The number of rotatable bonds is 5. The average Bonchev–Trinajstić information content (AvgIpc) is 3.15. The molecule has 0 atom stereocenters. The Bertz CT molecular complexity index is 840. The van der Waals surface area contributed by atoms with Crippen LogP contribution in [-0.2, 0) is 4.79 Å². The lowest BCUT2D eigenvalue weighted by Crippen LogP contribution is -2.09. The number of carbonyl (C=O) groups is 2. The SMILES string of the molecule is CCCC(=O)Nc1nc2ccc(NC(=O)c3cccs3)cc2s1. The Morgan fingerprint density at radius 1 is 1.22 bits per heavy atom. The van der Waals surface area contributed by atoms with Crippen LogP contribution in [-0.4, -0.2) is 16.8 Å². The van der Waals surface area contributed by atoms with Gasteiger partial charge >= 0.3 is 0 Å². The highest BCUT2D eigenvalue weighted by molar-refractivity contribution is 7.22. The third-order valence-corrected chi connectivity index (χ3v) is 4.92. The molecule has 2 amide bonds. The van der Waals surface area contributed by atoms with Crippen LogP contribution in [0.25, 0.3) is 10.2 Å². The van der Waals surface area contributed by atoms with Crippen molar-refractivity contribution in [3.63, 3.8) is 0 Å². The second kappa shape index (κ2) is 6.89. The van der Waals surface area contributed by atoms with Crippen LogP contribution in [0.2, 0.25) is 0 Å². The maximum atomic E-state index is 12.1. The molecule has 3 rings (SSSR count). The molecule has 0 bridgehead atoms. The Hall–Kier alpha value is -2.25. The first-order valence-electron chi connectivity index (χ1n) is 7.21. The molecule has 0 saturated carbocycles. The minimum absolute atomic E-state index is 0.0298. The van der Waals surface area contributed by atoms with Crippen LogP contribution in [0.15, 0.2) is 35.7 Å². The third-order valence-electron chi connectivity index (χ3n) is 3.11. The van der Waals surface area contributed by atoms with Gasteiger partial charge in [-0.25, -0.2) is 4.98 Å². The number of hydrogen-bond acceptors (Lipinski definition) is 5. The monoisotopic (exact) mass is 345 g/mol.